The average molecular weight is 255 g/mol. The third-order valence-electron chi connectivity index (χ3n) is 4.44. The second-order valence-electron chi connectivity index (χ2n) is 5.67. The molecule has 4 heteroatoms. The predicted octanol–water partition coefficient (Wildman–Crippen LogP) is 2.03. The zero-order chi connectivity index (χ0) is 13.0. The van der Waals surface area contributed by atoms with Crippen LogP contribution >= 0.6 is 0 Å². The van der Waals surface area contributed by atoms with E-state index in [-0.39, 0.29) is 5.92 Å². The number of hydrogen-bond donors (Lipinski definition) is 2. The molecule has 4 atom stereocenters. The normalized spacial score (nSPS) is 36.7. The van der Waals surface area contributed by atoms with Crippen molar-refractivity contribution in [2.75, 3.05) is 13.2 Å². The quantitative estimate of drug-likeness (QED) is 0.789. The van der Waals surface area contributed by atoms with Crippen LogP contribution in [0, 0.1) is 11.8 Å². The van der Waals surface area contributed by atoms with E-state index < -0.39 is 5.97 Å². The fourth-order valence-electron chi connectivity index (χ4n) is 3.29. The van der Waals surface area contributed by atoms with Gasteiger partial charge >= 0.3 is 5.97 Å². The first kappa shape index (κ1) is 13.8. The minimum Gasteiger partial charge on any atom is -0.481 e. The van der Waals surface area contributed by atoms with Crippen molar-refractivity contribution < 1.29 is 14.6 Å². The van der Waals surface area contributed by atoms with E-state index >= 15 is 0 Å². The lowest BCUT2D eigenvalue weighted by Gasteiger charge is -2.29. The minimum absolute atomic E-state index is 0.141. The van der Waals surface area contributed by atoms with Gasteiger partial charge in [0, 0.05) is 19.2 Å². The molecule has 1 aliphatic heterocycles. The van der Waals surface area contributed by atoms with Crippen molar-refractivity contribution in [2.24, 2.45) is 11.8 Å². The van der Waals surface area contributed by atoms with Crippen LogP contribution in [0.5, 0.6) is 0 Å². The number of aliphatic carboxylic acids is 1. The summed E-state index contributed by atoms with van der Waals surface area (Å²) in [7, 11) is 0. The molecule has 1 aliphatic carbocycles. The highest BCUT2D eigenvalue weighted by atomic mass is 16.5. The zero-order valence-electron chi connectivity index (χ0n) is 11.2. The van der Waals surface area contributed by atoms with Crippen molar-refractivity contribution in [1.82, 2.24) is 5.32 Å². The maximum absolute atomic E-state index is 11.0. The number of carboxylic acids is 1. The molecule has 4 unspecified atom stereocenters. The highest BCUT2D eigenvalue weighted by Crippen LogP contribution is 2.26. The van der Waals surface area contributed by atoms with Crippen molar-refractivity contribution in [3.05, 3.63) is 0 Å². The zero-order valence-corrected chi connectivity index (χ0v) is 11.2. The Labute approximate surface area is 109 Å². The monoisotopic (exact) mass is 255 g/mol. The lowest BCUT2D eigenvalue weighted by Crippen LogP contribution is -2.40. The van der Waals surface area contributed by atoms with Gasteiger partial charge in [0.25, 0.3) is 0 Å². The van der Waals surface area contributed by atoms with Crippen molar-refractivity contribution in [1.29, 1.82) is 0 Å². The Kier molecular flexibility index (Phi) is 5.01. The first-order chi connectivity index (χ1) is 8.70. The standard InChI is InChI=1S/C14H25NO3/c1-2-13-11(6-7-18-13)9-15-12-5-3-4-10(8-12)14(16)17/h10-13,15H,2-9H2,1H3,(H,16,17). The number of ether oxygens (including phenoxy) is 1. The van der Waals surface area contributed by atoms with E-state index in [2.05, 4.69) is 12.2 Å². The topological polar surface area (TPSA) is 58.6 Å². The SMILES string of the molecule is CCC1OCCC1CNC1CCCC(C(=O)O)C1. The highest BCUT2D eigenvalue weighted by Gasteiger charge is 2.30. The molecule has 2 fully saturated rings. The number of nitrogens with one attached hydrogen (secondary N) is 1. The third-order valence-corrected chi connectivity index (χ3v) is 4.44. The summed E-state index contributed by atoms with van der Waals surface area (Å²) in [4.78, 5) is 11.0. The summed E-state index contributed by atoms with van der Waals surface area (Å²) >= 11 is 0. The molecule has 2 aliphatic rings. The van der Waals surface area contributed by atoms with Crippen LogP contribution in [0.25, 0.3) is 0 Å². The van der Waals surface area contributed by atoms with E-state index in [1.165, 1.54) is 0 Å². The largest absolute Gasteiger partial charge is 0.481 e. The van der Waals surface area contributed by atoms with Crippen LogP contribution in [0.1, 0.15) is 45.4 Å². The molecule has 104 valence electrons. The van der Waals surface area contributed by atoms with Crippen molar-refractivity contribution in [3.8, 4) is 0 Å². The van der Waals surface area contributed by atoms with Gasteiger partial charge in [0.15, 0.2) is 0 Å². The number of carbonyl (C=O) groups is 1. The van der Waals surface area contributed by atoms with Crippen molar-refractivity contribution in [3.63, 3.8) is 0 Å². The van der Waals surface area contributed by atoms with Gasteiger partial charge in [-0.1, -0.05) is 13.3 Å². The lowest BCUT2D eigenvalue weighted by molar-refractivity contribution is -0.143. The second kappa shape index (κ2) is 6.53. The molecule has 0 radical (unpaired) electrons. The molecule has 1 saturated heterocycles. The van der Waals surface area contributed by atoms with Crippen LogP contribution in [0.2, 0.25) is 0 Å². The number of rotatable bonds is 5. The van der Waals surface area contributed by atoms with Gasteiger partial charge in [-0.15, -0.1) is 0 Å². The van der Waals surface area contributed by atoms with Crippen LogP contribution in [0.4, 0.5) is 0 Å². The third kappa shape index (κ3) is 3.45. The Balaban J connectivity index is 1.74. The summed E-state index contributed by atoms with van der Waals surface area (Å²) in [6, 6.07) is 0.387. The molecule has 0 spiro atoms. The molecular formula is C14H25NO3. The fourth-order valence-corrected chi connectivity index (χ4v) is 3.29. The summed E-state index contributed by atoms with van der Waals surface area (Å²) in [6.07, 6.45) is 6.41. The van der Waals surface area contributed by atoms with Crippen molar-refractivity contribution in [2.45, 2.75) is 57.6 Å². The minimum atomic E-state index is -0.628. The molecule has 1 heterocycles. The van der Waals surface area contributed by atoms with E-state index in [1.807, 2.05) is 0 Å². The van der Waals surface area contributed by atoms with E-state index in [0.717, 1.165) is 51.7 Å². The molecule has 2 N–H and O–H groups in total. The van der Waals surface area contributed by atoms with Gasteiger partial charge in [0.05, 0.1) is 12.0 Å². The van der Waals surface area contributed by atoms with Crippen LogP contribution in [-0.2, 0) is 9.53 Å². The molecular weight excluding hydrogens is 230 g/mol. The Morgan fingerprint density at radius 1 is 1.39 bits per heavy atom. The summed E-state index contributed by atoms with van der Waals surface area (Å²) in [5.41, 5.74) is 0. The van der Waals surface area contributed by atoms with Crippen LogP contribution in [0.15, 0.2) is 0 Å². The summed E-state index contributed by atoms with van der Waals surface area (Å²) < 4.78 is 5.68. The average Bonchev–Trinajstić information content (AvgIpc) is 2.84. The summed E-state index contributed by atoms with van der Waals surface area (Å²) in [6.45, 7) is 4.03. The summed E-state index contributed by atoms with van der Waals surface area (Å²) in [5.74, 6) is -0.157. The molecule has 4 nitrogen and oxygen atoms in total. The Bertz CT molecular complexity index is 282. The molecule has 0 aromatic heterocycles. The maximum atomic E-state index is 11.0. The van der Waals surface area contributed by atoms with E-state index in [1.54, 1.807) is 0 Å². The molecule has 0 aromatic carbocycles. The molecule has 0 bridgehead atoms. The molecule has 0 aromatic rings. The second-order valence-corrected chi connectivity index (χ2v) is 5.67. The fraction of sp³-hybridized carbons (Fsp3) is 0.929. The van der Waals surface area contributed by atoms with Gasteiger partial charge in [-0.3, -0.25) is 4.79 Å². The van der Waals surface area contributed by atoms with Crippen molar-refractivity contribution >= 4 is 5.97 Å². The smallest absolute Gasteiger partial charge is 0.306 e. The van der Waals surface area contributed by atoms with Gasteiger partial charge in [-0.05, 0) is 38.0 Å². The van der Waals surface area contributed by atoms with Crippen LogP contribution in [-0.4, -0.2) is 36.4 Å². The molecule has 18 heavy (non-hydrogen) atoms. The van der Waals surface area contributed by atoms with Gasteiger partial charge in [-0.2, -0.15) is 0 Å². The number of carboxylic acid groups (broad SMARTS) is 1. The maximum Gasteiger partial charge on any atom is 0.306 e. The lowest BCUT2D eigenvalue weighted by atomic mass is 9.85. The van der Waals surface area contributed by atoms with E-state index in [0.29, 0.717) is 18.1 Å². The first-order valence-electron chi connectivity index (χ1n) is 7.28. The number of hydrogen-bond acceptors (Lipinski definition) is 3. The summed E-state index contributed by atoms with van der Waals surface area (Å²) in [5, 5.41) is 12.6. The molecule has 2 rings (SSSR count). The van der Waals surface area contributed by atoms with Gasteiger partial charge in [0.1, 0.15) is 0 Å². The van der Waals surface area contributed by atoms with Gasteiger partial charge in [0.2, 0.25) is 0 Å². The van der Waals surface area contributed by atoms with Crippen LogP contribution < -0.4 is 5.32 Å². The Morgan fingerprint density at radius 3 is 2.94 bits per heavy atom. The molecule has 0 amide bonds. The van der Waals surface area contributed by atoms with Gasteiger partial charge < -0.3 is 15.2 Å². The predicted molar refractivity (Wildman–Crippen MR) is 69.5 cm³/mol. The van der Waals surface area contributed by atoms with Gasteiger partial charge in [-0.25, -0.2) is 0 Å². The first-order valence-corrected chi connectivity index (χ1v) is 7.28. The van der Waals surface area contributed by atoms with E-state index in [9.17, 15) is 4.79 Å². The Hall–Kier alpha value is -0.610. The van der Waals surface area contributed by atoms with Crippen LogP contribution in [0.3, 0.4) is 0 Å². The van der Waals surface area contributed by atoms with E-state index in [4.69, 9.17) is 9.84 Å². The Morgan fingerprint density at radius 2 is 2.22 bits per heavy atom. The highest BCUT2D eigenvalue weighted by molar-refractivity contribution is 5.70. The molecule has 1 saturated carbocycles.